The van der Waals surface area contributed by atoms with Gasteiger partial charge in [-0.3, -0.25) is 14.4 Å². The van der Waals surface area contributed by atoms with Crippen LogP contribution in [0.4, 0.5) is 0 Å². The SMILES string of the molecule is CCC(O[C@H]1O[C@H](COC(C)=O)[C@@H](OC(C)=O)[C@H](OC(C)=O)[C@@H]1I)c1ccccc1. The molecule has 1 fully saturated rings. The lowest BCUT2D eigenvalue weighted by Gasteiger charge is -2.43. The van der Waals surface area contributed by atoms with Crippen molar-refractivity contribution in [3.8, 4) is 0 Å². The summed E-state index contributed by atoms with van der Waals surface area (Å²) < 4.78 is 27.8. The molecule has 1 aliphatic heterocycles. The summed E-state index contributed by atoms with van der Waals surface area (Å²) in [6.07, 6.45) is -2.98. The fourth-order valence-electron chi connectivity index (χ4n) is 3.21. The topological polar surface area (TPSA) is 97.4 Å². The van der Waals surface area contributed by atoms with Crippen LogP contribution in [0, 0.1) is 0 Å². The largest absolute Gasteiger partial charge is 0.463 e. The second kappa shape index (κ2) is 11.6. The monoisotopic (exact) mass is 534 g/mol. The Kier molecular flexibility index (Phi) is 9.50. The molecule has 2 rings (SSSR count). The predicted molar refractivity (Wildman–Crippen MR) is 115 cm³/mol. The molecule has 0 radical (unpaired) electrons. The van der Waals surface area contributed by atoms with Crippen LogP contribution in [0.3, 0.4) is 0 Å². The molecule has 0 aromatic heterocycles. The van der Waals surface area contributed by atoms with Gasteiger partial charge in [-0.25, -0.2) is 0 Å². The lowest BCUT2D eigenvalue weighted by Crippen LogP contribution is -2.60. The first-order valence-corrected chi connectivity index (χ1v) is 10.9. The van der Waals surface area contributed by atoms with Gasteiger partial charge in [0.2, 0.25) is 0 Å². The maximum Gasteiger partial charge on any atom is 0.303 e. The van der Waals surface area contributed by atoms with Crippen LogP contribution in [0.25, 0.3) is 0 Å². The second-order valence-corrected chi connectivity index (χ2v) is 8.32. The normalized spacial score (nSPS) is 27.0. The fraction of sp³-hybridized carbons (Fsp3) is 0.571. The van der Waals surface area contributed by atoms with Crippen LogP contribution in [-0.2, 0) is 38.1 Å². The molecule has 0 N–H and O–H groups in total. The molecule has 0 spiro atoms. The van der Waals surface area contributed by atoms with Crippen LogP contribution in [0.2, 0.25) is 0 Å². The quantitative estimate of drug-likeness (QED) is 0.217. The highest BCUT2D eigenvalue weighted by Gasteiger charge is 2.50. The van der Waals surface area contributed by atoms with E-state index in [1.54, 1.807) is 0 Å². The van der Waals surface area contributed by atoms with E-state index in [1.807, 2.05) is 37.3 Å². The average molecular weight is 534 g/mol. The molecule has 1 aromatic rings. The molecule has 1 saturated heterocycles. The van der Waals surface area contributed by atoms with Gasteiger partial charge >= 0.3 is 17.9 Å². The zero-order chi connectivity index (χ0) is 22.3. The van der Waals surface area contributed by atoms with E-state index in [2.05, 4.69) is 22.6 Å². The van der Waals surface area contributed by atoms with Gasteiger partial charge in [0.1, 0.15) is 16.6 Å². The van der Waals surface area contributed by atoms with Gasteiger partial charge in [-0.15, -0.1) is 0 Å². The number of hydrogen-bond donors (Lipinski definition) is 0. The number of carbonyl (C=O) groups excluding carboxylic acids is 3. The summed E-state index contributed by atoms with van der Waals surface area (Å²) in [6, 6.07) is 9.69. The summed E-state index contributed by atoms with van der Waals surface area (Å²) in [6.45, 7) is 5.62. The first kappa shape index (κ1) is 24.5. The summed E-state index contributed by atoms with van der Waals surface area (Å²) in [5.74, 6) is -1.60. The summed E-state index contributed by atoms with van der Waals surface area (Å²) in [5, 5.41) is 0. The van der Waals surface area contributed by atoms with Crippen LogP contribution >= 0.6 is 22.6 Å². The maximum absolute atomic E-state index is 11.7. The van der Waals surface area contributed by atoms with E-state index in [4.69, 9.17) is 23.7 Å². The van der Waals surface area contributed by atoms with Crippen molar-refractivity contribution in [1.82, 2.24) is 0 Å². The van der Waals surface area contributed by atoms with Crippen molar-refractivity contribution in [2.75, 3.05) is 6.61 Å². The summed E-state index contributed by atoms with van der Waals surface area (Å²) in [4.78, 5) is 34.7. The van der Waals surface area contributed by atoms with Crippen molar-refractivity contribution in [3.63, 3.8) is 0 Å². The van der Waals surface area contributed by atoms with Crippen LogP contribution in [0.1, 0.15) is 45.8 Å². The minimum absolute atomic E-state index is 0.170. The number of hydrogen-bond acceptors (Lipinski definition) is 8. The summed E-state index contributed by atoms with van der Waals surface area (Å²) >= 11 is 2.07. The first-order chi connectivity index (χ1) is 14.2. The Labute approximate surface area is 189 Å². The third-order valence-corrected chi connectivity index (χ3v) is 5.76. The van der Waals surface area contributed by atoms with Gasteiger partial charge in [-0.05, 0) is 12.0 Å². The Morgan fingerprint density at radius 2 is 1.60 bits per heavy atom. The standard InChI is InChI=1S/C21H27IO8/c1-5-16(15-9-7-6-8-10-15)29-21-18(22)20(28-14(4)25)19(27-13(3)24)17(30-21)11-26-12(2)23/h6-10,16-21H,5,11H2,1-4H3/t16?,17-,18+,19-,20-,21+/m1/s1. The molecular weight excluding hydrogens is 507 g/mol. The zero-order valence-electron chi connectivity index (χ0n) is 17.4. The zero-order valence-corrected chi connectivity index (χ0v) is 19.6. The number of carbonyl (C=O) groups is 3. The molecule has 166 valence electrons. The van der Waals surface area contributed by atoms with Crippen LogP contribution in [0.5, 0.6) is 0 Å². The van der Waals surface area contributed by atoms with E-state index in [-0.39, 0.29) is 12.7 Å². The van der Waals surface area contributed by atoms with Gasteiger partial charge in [-0.2, -0.15) is 0 Å². The van der Waals surface area contributed by atoms with Gasteiger partial charge in [0, 0.05) is 20.8 Å². The van der Waals surface area contributed by atoms with Gasteiger partial charge in [-0.1, -0.05) is 59.8 Å². The number of halogens is 1. The number of alkyl halides is 1. The van der Waals surface area contributed by atoms with Crippen molar-refractivity contribution in [3.05, 3.63) is 35.9 Å². The molecule has 1 aliphatic rings. The summed E-state index contributed by atoms with van der Waals surface area (Å²) in [5.41, 5.74) is 0.981. The number of benzene rings is 1. The number of rotatable bonds is 8. The van der Waals surface area contributed by atoms with Crippen LogP contribution < -0.4 is 0 Å². The van der Waals surface area contributed by atoms with Crippen molar-refractivity contribution in [2.45, 2.75) is 68.7 Å². The van der Waals surface area contributed by atoms with E-state index in [0.29, 0.717) is 6.42 Å². The molecular formula is C21H27IO8. The molecule has 0 amide bonds. The van der Waals surface area contributed by atoms with Gasteiger partial charge < -0.3 is 23.7 Å². The second-order valence-electron chi connectivity index (χ2n) is 6.88. The predicted octanol–water partition coefficient (Wildman–Crippen LogP) is 3.11. The third-order valence-electron chi connectivity index (χ3n) is 4.47. The first-order valence-electron chi connectivity index (χ1n) is 9.70. The van der Waals surface area contributed by atoms with E-state index < -0.39 is 46.4 Å². The van der Waals surface area contributed by atoms with Crippen molar-refractivity contribution < 1.29 is 38.1 Å². The molecule has 8 nitrogen and oxygen atoms in total. The third kappa shape index (κ3) is 6.92. The molecule has 9 heteroatoms. The molecule has 0 bridgehead atoms. The van der Waals surface area contributed by atoms with Crippen LogP contribution in [0.15, 0.2) is 30.3 Å². The van der Waals surface area contributed by atoms with E-state index in [9.17, 15) is 14.4 Å². The smallest absolute Gasteiger partial charge is 0.303 e. The Bertz CT molecular complexity index is 725. The average Bonchev–Trinajstić information content (AvgIpc) is 2.69. The molecule has 0 saturated carbocycles. The Balaban J connectivity index is 2.29. The van der Waals surface area contributed by atoms with Gasteiger partial charge in [0.25, 0.3) is 0 Å². The van der Waals surface area contributed by atoms with Crippen molar-refractivity contribution in [2.24, 2.45) is 0 Å². The van der Waals surface area contributed by atoms with Crippen LogP contribution in [-0.4, -0.2) is 53.0 Å². The number of esters is 3. The molecule has 0 aliphatic carbocycles. The van der Waals surface area contributed by atoms with Crippen molar-refractivity contribution in [1.29, 1.82) is 0 Å². The molecule has 6 atom stereocenters. The Hall–Kier alpha value is -1.72. The number of ether oxygens (including phenoxy) is 5. The molecule has 1 aromatic carbocycles. The highest BCUT2D eigenvalue weighted by atomic mass is 127. The fourth-order valence-corrected chi connectivity index (χ4v) is 4.11. The Morgan fingerprint density at radius 3 is 2.13 bits per heavy atom. The molecule has 1 unspecified atom stereocenters. The minimum atomic E-state index is -0.940. The van der Waals surface area contributed by atoms with E-state index in [1.165, 1.54) is 20.8 Å². The van der Waals surface area contributed by atoms with Gasteiger partial charge in [0.15, 0.2) is 18.5 Å². The Morgan fingerprint density at radius 1 is 1.00 bits per heavy atom. The highest BCUT2D eigenvalue weighted by molar-refractivity contribution is 14.1. The lowest BCUT2D eigenvalue weighted by molar-refractivity contribution is -0.271. The maximum atomic E-state index is 11.7. The minimum Gasteiger partial charge on any atom is -0.463 e. The highest BCUT2D eigenvalue weighted by Crippen LogP contribution is 2.35. The molecule has 30 heavy (non-hydrogen) atoms. The van der Waals surface area contributed by atoms with Crippen molar-refractivity contribution >= 4 is 40.5 Å². The van der Waals surface area contributed by atoms with E-state index >= 15 is 0 Å². The van der Waals surface area contributed by atoms with Gasteiger partial charge in [0.05, 0.1) is 6.10 Å². The summed E-state index contributed by atoms with van der Waals surface area (Å²) in [7, 11) is 0. The molecule has 1 heterocycles. The lowest BCUT2D eigenvalue weighted by atomic mass is 10.0. The van der Waals surface area contributed by atoms with E-state index in [0.717, 1.165) is 5.56 Å².